The van der Waals surface area contributed by atoms with E-state index in [1.807, 2.05) is 60.8 Å². The van der Waals surface area contributed by atoms with E-state index in [0.29, 0.717) is 17.2 Å². The van der Waals surface area contributed by atoms with Gasteiger partial charge in [0.05, 0.1) is 24.3 Å². The third-order valence-corrected chi connectivity index (χ3v) is 5.67. The summed E-state index contributed by atoms with van der Waals surface area (Å²) >= 11 is 0. The monoisotopic (exact) mass is 403 g/mol. The van der Waals surface area contributed by atoms with Gasteiger partial charge in [-0.3, -0.25) is 9.89 Å². The molecule has 1 saturated carbocycles. The van der Waals surface area contributed by atoms with Crippen molar-refractivity contribution in [3.63, 3.8) is 0 Å². The van der Waals surface area contributed by atoms with Crippen LogP contribution in [0, 0.1) is 11.5 Å². The number of aromatic amines is 1. The summed E-state index contributed by atoms with van der Waals surface area (Å²) in [7, 11) is 0. The van der Waals surface area contributed by atoms with Gasteiger partial charge >= 0.3 is 0 Å². The second kappa shape index (κ2) is 6.59. The number of benzene rings is 2. The lowest BCUT2D eigenvalue weighted by molar-refractivity contribution is 0.0915. The molecule has 1 aliphatic heterocycles. The molecule has 2 atom stereocenters. The second-order valence-electron chi connectivity index (χ2n) is 7.71. The number of carbonyl (C=O) groups is 1. The molecular formula is C22H18FN5O2. The Labute approximate surface area is 172 Å². The van der Waals surface area contributed by atoms with Crippen molar-refractivity contribution in [2.45, 2.75) is 17.6 Å². The van der Waals surface area contributed by atoms with Crippen LogP contribution in [0.4, 0.5) is 4.39 Å². The van der Waals surface area contributed by atoms with E-state index in [2.05, 4.69) is 15.5 Å². The number of amides is 1. The van der Waals surface area contributed by atoms with Gasteiger partial charge in [-0.1, -0.05) is 30.3 Å². The molecule has 2 unspecified atom stereocenters. The number of likely N-dealkylation sites (tertiary alicyclic amines) is 1. The number of piperidine rings is 1. The number of nitriles is 1. The maximum atomic E-state index is 14.7. The Balaban J connectivity index is 1.36. The number of ether oxygens (including phenoxy) is 1. The third kappa shape index (κ3) is 2.95. The number of halogens is 1. The van der Waals surface area contributed by atoms with Gasteiger partial charge in [0.2, 0.25) is 0 Å². The van der Waals surface area contributed by atoms with E-state index >= 15 is 0 Å². The highest BCUT2D eigenvalue weighted by molar-refractivity contribution is 5.94. The van der Waals surface area contributed by atoms with Gasteiger partial charge in [-0.2, -0.15) is 10.4 Å². The van der Waals surface area contributed by atoms with Crippen LogP contribution in [0.5, 0.6) is 11.5 Å². The number of nitrogens with one attached hydrogen (secondary N) is 2. The minimum Gasteiger partial charge on any atom is -0.457 e. The molecule has 2 heterocycles. The molecule has 2 aliphatic rings. The minimum absolute atomic E-state index is 0.0161. The molecule has 1 aliphatic carbocycles. The summed E-state index contributed by atoms with van der Waals surface area (Å²) in [5.74, 6) is 0.842. The van der Waals surface area contributed by atoms with Crippen LogP contribution in [0.25, 0.3) is 11.3 Å². The molecule has 8 heteroatoms. The highest BCUT2D eigenvalue weighted by Gasteiger charge is 2.75. The van der Waals surface area contributed by atoms with Crippen LogP contribution in [0.15, 0.2) is 60.7 Å². The average Bonchev–Trinajstić information content (AvgIpc) is 3.07. The predicted octanol–water partition coefficient (Wildman–Crippen LogP) is 3.25. The van der Waals surface area contributed by atoms with E-state index in [-0.39, 0.29) is 25.2 Å². The maximum Gasteiger partial charge on any atom is 0.269 e. The Bertz CT molecular complexity index is 1160. The lowest BCUT2D eigenvalue weighted by Gasteiger charge is -2.15. The number of rotatable bonds is 5. The van der Waals surface area contributed by atoms with Crippen molar-refractivity contribution in [1.29, 1.82) is 5.26 Å². The molecule has 0 radical (unpaired) electrons. The van der Waals surface area contributed by atoms with E-state index < -0.39 is 17.1 Å². The van der Waals surface area contributed by atoms with Crippen molar-refractivity contribution in [3.05, 3.63) is 66.4 Å². The number of hydrogen-bond donors (Lipinski definition) is 2. The van der Waals surface area contributed by atoms with Gasteiger partial charge < -0.3 is 15.0 Å². The summed E-state index contributed by atoms with van der Waals surface area (Å²) in [5.41, 5.74) is -1.07. The topological polar surface area (TPSA) is 94.0 Å². The van der Waals surface area contributed by atoms with Gasteiger partial charge in [0, 0.05) is 12.0 Å². The number of alkyl halides is 1. The van der Waals surface area contributed by atoms with Crippen molar-refractivity contribution >= 4 is 5.91 Å². The molecule has 2 fully saturated rings. The smallest absolute Gasteiger partial charge is 0.269 e. The zero-order chi connectivity index (χ0) is 20.8. The van der Waals surface area contributed by atoms with Crippen molar-refractivity contribution in [2.75, 3.05) is 13.1 Å². The summed E-state index contributed by atoms with van der Waals surface area (Å²) in [6.07, 6.45) is 2.17. The summed E-state index contributed by atoms with van der Waals surface area (Å²) in [5, 5.41) is 18.7. The highest BCUT2D eigenvalue weighted by atomic mass is 19.1. The van der Waals surface area contributed by atoms with Gasteiger partial charge in [-0.25, -0.2) is 4.39 Å². The van der Waals surface area contributed by atoms with Crippen molar-refractivity contribution < 1.29 is 13.9 Å². The van der Waals surface area contributed by atoms with Gasteiger partial charge in [0.1, 0.15) is 17.2 Å². The largest absolute Gasteiger partial charge is 0.457 e. The lowest BCUT2D eigenvalue weighted by atomic mass is 10.1. The average molecular weight is 403 g/mol. The highest BCUT2D eigenvalue weighted by Crippen LogP contribution is 2.56. The molecule has 1 saturated heterocycles. The van der Waals surface area contributed by atoms with Crippen molar-refractivity contribution in [3.8, 4) is 28.9 Å². The molecule has 0 bridgehead atoms. The Morgan fingerprint density at radius 1 is 1.20 bits per heavy atom. The molecular weight excluding hydrogens is 385 g/mol. The molecule has 150 valence electrons. The number of aromatic nitrogens is 2. The van der Waals surface area contributed by atoms with Gasteiger partial charge in [-0.05, 0) is 30.3 Å². The van der Waals surface area contributed by atoms with Gasteiger partial charge in [-0.15, -0.1) is 0 Å². The van der Waals surface area contributed by atoms with Crippen molar-refractivity contribution in [1.82, 2.24) is 20.4 Å². The van der Waals surface area contributed by atoms with E-state index in [9.17, 15) is 9.18 Å². The van der Waals surface area contributed by atoms with Crippen molar-refractivity contribution in [2.24, 2.45) is 0 Å². The number of nitrogens with zero attached hydrogens (tertiary/aromatic N) is 3. The van der Waals surface area contributed by atoms with Gasteiger partial charge in [0.15, 0.2) is 11.9 Å². The normalized spacial score (nSPS) is 24.1. The van der Waals surface area contributed by atoms with E-state index in [1.165, 1.54) is 4.90 Å². The zero-order valence-corrected chi connectivity index (χ0v) is 15.9. The maximum absolute atomic E-state index is 14.7. The first kappa shape index (κ1) is 18.2. The van der Waals surface area contributed by atoms with Crippen LogP contribution < -0.4 is 10.1 Å². The van der Waals surface area contributed by atoms with Crippen LogP contribution in [0.2, 0.25) is 0 Å². The molecule has 7 nitrogen and oxygen atoms in total. The van der Waals surface area contributed by atoms with Crippen LogP contribution in [0.3, 0.4) is 0 Å². The van der Waals surface area contributed by atoms with E-state index in [1.54, 1.807) is 6.07 Å². The molecule has 1 amide bonds. The Morgan fingerprint density at radius 2 is 1.97 bits per heavy atom. The number of carbonyl (C=O) groups excluding carboxylic acids is 1. The Morgan fingerprint density at radius 3 is 2.73 bits per heavy atom. The Kier molecular flexibility index (Phi) is 4.00. The standard InChI is InChI=1S/C22H18FN5O2/c23-21-11-22(21,13-28(12-21)14-24)25-20(29)18-10-17(26-27-18)16-8-4-5-9-19(16)30-15-6-2-1-3-7-15/h1-10H,11-13H2,(H,25,29)(H,26,27). The number of H-pyrrole nitrogens is 1. The first-order chi connectivity index (χ1) is 14.5. The molecule has 5 rings (SSSR count). The fourth-order valence-electron chi connectivity index (χ4n) is 4.03. The summed E-state index contributed by atoms with van der Waals surface area (Å²) in [4.78, 5) is 14.0. The summed E-state index contributed by atoms with van der Waals surface area (Å²) in [6, 6.07) is 18.4. The van der Waals surface area contributed by atoms with E-state index in [0.717, 1.165) is 5.56 Å². The number of hydrogen-bond acceptors (Lipinski definition) is 5. The molecule has 3 aromatic rings. The van der Waals surface area contributed by atoms with Crippen LogP contribution >= 0.6 is 0 Å². The Hall–Kier alpha value is -3.86. The van der Waals surface area contributed by atoms with E-state index in [4.69, 9.17) is 10.00 Å². The third-order valence-electron chi connectivity index (χ3n) is 5.67. The fourth-order valence-corrected chi connectivity index (χ4v) is 4.03. The summed E-state index contributed by atoms with van der Waals surface area (Å²) in [6.45, 7) is 0.197. The first-order valence-corrected chi connectivity index (χ1v) is 9.56. The number of para-hydroxylation sites is 2. The van der Waals surface area contributed by atoms with Crippen LogP contribution in [0.1, 0.15) is 16.9 Å². The first-order valence-electron chi connectivity index (χ1n) is 9.56. The minimum atomic E-state index is -1.54. The molecule has 1 aromatic heterocycles. The fraction of sp³-hybridized carbons (Fsp3) is 0.227. The molecule has 2 N–H and O–H groups in total. The van der Waals surface area contributed by atoms with Gasteiger partial charge in [0.25, 0.3) is 5.91 Å². The molecule has 2 aromatic carbocycles. The quantitative estimate of drug-likeness (QED) is 0.638. The SMILES string of the molecule is N#CN1CC2(F)CC2(NC(=O)c2cc(-c3ccccc3Oc3ccccc3)n[nH]2)C1. The molecule has 30 heavy (non-hydrogen) atoms. The lowest BCUT2D eigenvalue weighted by Crippen LogP contribution is -2.43. The zero-order valence-electron chi connectivity index (χ0n) is 15.9. The number of fused-ring (bicyclic) bond motifs is 1. The molecule has 0 spiro atoms. The van der Waals surface area contributed by atoms with Crippen LogP contribution in [-0.4, -0.2) is 45.3 Å². The van der Waals surface area contributed by atoms with Crippen LogP contribution in [-0.2, 0) is 0 Å². The second-order valence-corrected chi connectivity index (χ2v) is 7.71. The predicted molar refractivity (Wildman–Crippen MR) is 106 cm³/mol. The summed E-state index contributed by atoms with van der Waals surface area (Å²) < 4.78 is 20.7.